The first-order valence-electron chi connectivity index (χ1n) is 6.05. The predicted molar refractivity (Wildman–Crippen MR) is 61.8 cm³/mol. The van der Waals surface area contributed by atoms with E-state index in [1.165, 1.54) is 5.57 Å². The van der Waals surface area contributed by atoms with Crippen LogP contribution in [0.1, 0.15) is 32.6 Å². The Morgan fingerprint density at radius 1 is 1.59 bits per heavy atom. The van der Waals surface area contributed by atoms with Gasteiger partial charge in [0.05, 0.1) is 13.2 Å². The van der Waals surface area contributed by atoms with Gasteiger partial charge in [-0.1, -0.05) is 11.6 Å². The zero-order valence-electron chi connectivity index (χ0n) is 10.1. The van der Waals surface area contributed by atoms with Crippen LogP contribution in [0.4, 0.5) is 4.79 Å². The summed E-state index contributed by atoms with van der Waals surface area (Å²) in [5.41, 5.74) is 1.29. The maximum absolute atomic E-state index is 10.5. The van der Waals surface area contributed by atoms with E-state index in [2.05, 4.69) is 11.4 Å². The molecule has 5 heteroatoms. The van der Waals surface area contributed by atoms with Crippen molar-refractivity contribution in [1.82, 2.24) is 5.32 Å². The highest BCUT2D eigenvalue weighted by atomic mass is 16.7. The molecule has 96 valence electrons. The summed E-state index contributed by atoms with van der Waals surface area (Å²) in [6.45, 7) is 3.24. The first-order valence-corrected chi connectivity index (χ1v) is 6.05. The standard InChI is InChI=1S/C12H19NO4/c1-9(13-11(14)15)8-10-2-4-12(5-3-10)16-6-7-17-12/h2,9,13H,3-8H2,1H3,(H,14,15). The summed E-state index contributed by atoms with van der Waals surface area (Å²) in [6, 6.07) is -0.0433. The fraction of sp³-hybridized carbons (Fsp3) is 0.750. The molecule has 2 aliphatic rings. The zero-order chi connectivity index (χ0) is 12.3. The number of amides is 1. The van der Waals surface area contributed by atoms with Gasteiger partial charge >= 0.3 is 6.09 Å². The Kier molecular flexibility index (Phi) is 3.69. The van der Waals surface area contributed by atoms with Crippen molar-refractivity contribution >= 4 is 6.09 Å². The van der Waals surface area contributed by atoms with Crippen molar-refractivity contribution in [1.29, 1.82) is 0 Å². The van der Waals surface area contributed by atoms with Crippen molar-refractivity contribution in [3.8, 4) is 0 Å². The molecular weight excluding hydrogens is 222 g/mol. The second-order valence-electron chi connectivity index (χ2n) is 4.73. The highest BCUT2D eigenvalue weighted by molar-refractivity contribution is 5.64. The number of nitrogens with one attached hydrogen (secondary N) is 1. The maximum atomic E-state index is 10.5. The van der Waals surface area contributed by atoms with Crippen molar-refractivity contribution < 1.29 is 19.4 Å². The molecule has 17 heavy (non-hydrogen) atoms. The molecule has 1 unspecified atom stereocenters. The Morgan fingerprint density at radius 2 is 2.29 bits per heavy atom. The van der Waals surface area contributed by atoms with E-state index < -0.39 is 6.09 Å². The van der Waals surface area contributed by atoms with Crippen LogP contribution in [0, 0.1) is 0 Å². The van der Waals surface area contributed by atoms with E-state index in [-0.39, 0.29) is 11.8 Å². The van der Waals surface area contributed by atoms with Crippen molar-refractivity contribution in [2.45, 2.75) is 44.4 Å². The molecule has 0 radical (unpaired) electrons. The highest BCUT2D eigenvalue weighted by Crippen LogP contribution is 2.35. The molecule has 0 aromatic carbocycles. The Morgan fingerprint density at radius 3 is 2.82 bits per heavy atom. The lowest BCUT2D eigenvalue weighted by Gasteiger charge is -2.31. The van der Waals surface area contributed by atoms with Gasteiger partial charge in [-0.2, -0.15) is 0 Å². The number of carbonyl (C=O) groups is 1. The highest BCUT2D eigenvalue weighted by Gasteiger charge is 2.37. The molecule has 1 saturated heterocycles. The molecule has 1 atom stereocenters. The molecular formula is C12H19NO4. The van der Waals surface area contributed by atoms with Crippen LogP contribution in [-0.4, -0.2) is 36.2 Å². The van der Waals surface area contributed by atoms with Crippen molar-refractivity contribution in [3.63, 3.8) is 0 Å². The third-order valence-corrected chi connectivity index (χ3v) is 3.28. The van der Waals surface area contributed by atoms with Gasteiger partial charge in [-0.15, -0.1) is 0 Å². The van der Waals surface area contributed by atoms with E-state index in [4.69, 9.17) is 14.6 Å². The van der Waals surface area contributed by atoms with E-state index in [0.717, 1.165) is 25.7 Å². The predicted octanol–water partition coefficient (Wildman–Crippen LogP) is 1.89. The van der Waals surface area contributed by atoms with Gasteiger partial charge < -0.3 is 19.9 Å². The Bertz CT molecular complexity index is 320. The van der Waals surface area contributed by atoms with Crippen LogP contribution in [0.5, 0.6) is 0 Å². The number of ether oxygens (including phenoxy) is 2. The second-order valence-corrected chi connectivity index (χ2v) is 4.73. The molecule has 1 aliphatic heterocycles. The molecule has 5 nitrogen and oxygen atoms in total. The van der Waals surface area contributed by atoms with Crippen molar-refractivity contribution in [2.75, 3.05) is 13.2 Å². The topological polar surface area (TPSA) is 67.8 Å². The molecule has 1 amide bonds. The summed E-state index contributed by atoms with van der Waals surface area (Å²) in [5.74, 6) is -0.382. The minimum atomic E-state index is -0.965. The number of rotatable bonds is 3. The lowest BCUT2D eigenvalue weighted by Crippen LogP contribution is -2.34. The molecule has 1 aliphatic carbocycles. The van der Waals surface area contributed by atoms with Gasteiger partial charge in [-0.25, -0.2) is 4.79 Å². The molecule has 1 spiro atoms. The van der Waals surface area contributed by atoms with E-state index in [9.17, 15) is 4.79 Å². The molecule has 0 aromatic heterocycles. The number of hydrogen-bond acceptors (Lipinski definition) is 3. The largest absolute Gasteiger partial charge is 0.465 e. The minimum absolute atomic E-state index is 0.0433. The molecule has 2 rings (SSSR count). The van der Waals surface area contributed by atoms with Crippen LogP contribution in [-0.2, 0) is 9.47 Å². The van der Waals surface area contributed by atoms with E-state index >= 15 is 0 Å². The second kappa shape index (κ2) is 5.06. The summed E-state index contributed by atoms with van der Waals surface area (Å²) >= 11 is 0. The summed E-state index contributed by atoms with van der Waals surface area (Å²) in [5, 5.41) is 11.1. The number of hydrogen-bond donors (Lipinski definition) is 2. The maximum Gasteiger partial charge on any atom is 0.404 e. The van der Waals surface area contributed by atoms with E-state index in [1.807, 2.05) is 6.92 Å². The van der Waals surface area contributed by atoms with Crippen LogP contribution in [0.25, 0.3) is 0 Å². The smallest absolute Gasteiger partial charge is 0.404 e. The van der Waals surface area contributed by atoms with Crippen molar-refractivity contribution in [2.24, 2.45) is 0 Å². The van der Waals surface area contributed by atoms with Gasteiger partial charge in [0.2, 0.25) is 0 Å². The monoisotopic (exact) mass is 241 g/mol. The van der Waals surface area contributed by atoms with E-state index in [0.29, 0.717) is 13.2 Å². The number of carboxylic acid groups (broad SMARTS) is 1. The fourth-order valence-corrected chi connectivity index (χ4v) is 2.45. The molecule has 1 fully saturated rings. The fourth-order valence-electron chi connectivity index (χ4n) is 2.45. The van der Waals surface area contributed by atoms with Crippen LogP contribution < -0.4 is 5.32 Å². The molecule has 1 heterocycles. The van der Waals surface area contributed by atoms with E-state index in [1.54, 1.807) is 0 Å². The van der Waals surface area contributed by atoms with Crippen LogP contribution >= 0.6 is 0 Å². The third-order valence-electron chi connectivity index (χ3n) is 3.28. The van der Waals surface area contributed by atoms with Crippen LogP contribution in [0.15, 0.2) is 11.6 Å². The summed E-state index contributed by atoms with van der Waals surface area (Å²) < 4.78 is 11.2. The average molecular weight is 241 g/mol. The van der Waals surface area contributed by atoms with Gasteiger partial charge in [0.1, 0.15) is 0 Å². The molecule has 0 bridgehead atoms. The van der Waals surface area contributed by atoms with Crippen LogP contribution in [0.2, 0.25) is 0 Å². The first-order chi connectivity index (χ1) is 8.10. The minimum Gasteiger partial charge on any atom is -0.465 e. The average Bonchev–Trinajstić information content (AvgIpc) is 2.69. The Hall–Kier alpha value is -1.07. The molecule has 0 saturated carbocycles. The van der Waals surface area contributed by atoms with Gasteiger partial charge in [0, 0.05) is 18.9 Å². The van der Waals surface area contributed by atoms with Gasteiger partial charge in [-0.3, -0.25) is 0 Å². The summed E-state index contributed by atoms with van der Waals surface area (Å²) in [7, 11) is 0. The molecule has 0 aromatic rings. The Labute approximate surface area is 101 Å². The normalized spacial score (nSPS) is 24.4. The van der Waals surface area contributed by atoms with Gasteiger partial charge in [-0.05, 0) is 19.8 Å². The molecule has 2 N–H and O–H groups in total. The lowest BCUT2D eigenvalue weighted by atomic mass is 9.90. The Balaban J connectivity index is 1.83. The van der Waals surface area contributed by atoms with Gasteiger partial charge in [0.15, 0.2) is 5.79 Å². The van der Waals surface area contributed by atoms with Crippen LogP contribution in [0.3, 0.4) is 0 Å². The van der Waals surface area contributed by atoms with Crippen molar-refractivity contribution in [3.05, 3.63) is 11.6 Å². The summed E-state index contributed by atoms with van der Waals surface area (Å²) in [4.78, 5) is 10.5. The quantitative estimate of drug-likeness (QED) is 0.740. The van der Waals surface area contributed by atoms with Gasteiger partial charge in [0.25, 0.3) is 0 Å². The first kappa shape index (κ1) is 12.4. The third kappa shape index (κ3) is 3.20. The zero-order valence-corrected chi connectivity index (χ0v) is 10.1. The SMILES string of the molecule is CC(CC1=CCC2(CC1)OCCO2)NC(=O)O. The summed E-state index contributed by atoms with van der Waals surface area (Å²) in [6.07, 6.45) is 4.51. The lowest BCUT2D eigenvalue weighted by molar-refractivity contribution is -0.161.